The summed E-state index contributed by atoms with van der Waals surface area (Å²) in [5, 5.41) is 2.87. The Labute approximate surface area is 140 Å². The predicted molar refractivity (Wildman–Crippen MR) is 92.2 cm³/mol. The van der Waals surface area contributed by atoms with Gasteiger partial charge in [0.05, 0.1) is 12.9 Å². The molecule has 0 heterocycles. The van der Waals surface area contributed by atoms with E-state index in [1.807, 2.05) is 13.8 Å². The highest BCUT2D eigenvalue weighted by molar-refractivity contribution is 7.84. The Kier molecular flexibility index (Phi) is 7.95. The fourth-order valence-electron chi connectivity index (χ4n) is 2.24. The lowest BCUT2D eigenvalue weighted by molar-refractivity contribution is -0.119. The number of amides is 1. The van der Waals surface area contributed by atoms with Gasteiger partial charge in [0.25, 0.3) is 0 Å². The van der Waals surface area contributed by atoms with Gasteiger partial charge in [-0.2, -0.15) is 0 Å². The van der Waals surface area contributed by atoms with E-state index in [1.54, 1.807) is 18.2 Å². The summed E-state index contributed by atoms with van der Waals surface area (Å²) < 4.78 is 17.5. The molecule has 1 aromatic carbocycles. The Morgan fingerprint density at radius 1 is 1.26 bits per heavy atom. The number of carbonyl (C=O) groups excluding carboxylic acids is 2. The number of ketones is 1. The van der Waals surface area contributed by atoms with Gasteiger partial charge in [0.1, 0.15) is 11.5 Å². The Morgan fingerprint density at radius 3 is 2.43 bits per heavy atom. The maximum atomic E-state index is 12.2. The maximum absolute atomic E-state index is 12.2. The number of hydrogen-bond acceptors (Lipinski definition) is 4. The van der Waals surface area contributed by atoms with E-state index in [1.165, 1.54) is 14.0 Å². The average Bonchev–Trinajstić information content (AvgIpc) is 2.52. The monoisotopic (exact) mass is 339 g/mol. The third-order valence-corrected chi connectivity index (χ3v) is 4.86. The minimum Gasteiger partial charge on any atom is -0.496 e. The van der Waals surface area contributed by atoms with Crippen LogP contribution in [0.2, 0.25) is 0 Å². The molecule has 0 bridgehead atoms. The molecule has 0 saturated carbocycles. The van der Waals surface area contributed by atoms with Crippen LogP contribution in [0.3, 0.4) is 0 Å². The molecular weight excluding hydrogens is 314 g/mol. The smallest absolute Gasteiger partial charge is 0.232 e. The Hall–Kier alpha value is -1.69. The van der Waals surface area contributed by atoms with Crippen molar-refractivity contribution in [1.29, 1.82) is 0 Å². The largest absolute Gasteiger partial charge is 0.496 e. The zero-order valence-electron chi connectivity index (χ0n) is 14.2. The van der Waals surface area contributed by atoms with Crippen molar-refractivity contribution in [1.82, 2.24) is 5.32 Å². The van der Waals surface area contributed by atoms with Crippen molar-refractivity contribution >= 4 is 22.5 Å². The third-order valence-electron chi connectivity index (χ3n) is 3.65. The van der Waals surface area contributed by atoms with Gasteiger partial charge in [-0.15, -0.1) is 0 Å². The minimum absolute atomic E-state index is 0.0516. The summed E-state index contributed by atoms with van der Waals surface area (Å²) in [6, 6.07) is 5.16. The molecule has 1 amide bonds. The SMILES string of the molecule is CCC(CC)NC(=O)CS(=O)Cc1cc(C(C)=O)ccc1OC. The van der Waals surface area contributed by atoms with Crippen molar-refractivity contribution in [3.63, 3.8) is 0 Å². The highest BCUT2D eigenvalue weighted by Gasteiger charge is 2.15. The molecule has 0 radical (unpaired) electrons. The quantitative estimate of drug-likeness (QED) is 0.702. The van der Waals surface area contributed by atoms with Crippen LogP contribution in [-0.2, 0) is 21.3 Å². The van der Waals surface area contributed by atoms with Gasteiger partial charge in [0.2, 0.25) is 5.91 Å². The molecule has 1 N–H and O–H groups in total. The Bertz CT molecular complexity index is 582. The van der Waals surface area contributed by atoms with Gasteiger partial charge < -0.3 is 10.1 Å². The van der Waals surface area contributed by atoms with Crippen LogP contribution in [0.25, 0.3) is 0 Å². The van der Waals surface area contributed by atoms with Crippen molar-refractivity contribution in [2.75, 3.05) is 12.9 Å². The zero-order valence-corrected chi connectivity index (χ0v) is 15.0. The van der Waals surface area contributed by atoms with Crippen LogP contribution in [0.1, 0.15) is 49.5 Å². The van der Waals surface area contributed by atoms with Crippen LogP contribution in [0.5, 0.6) is 5.75 Å². The number of benzene rings is 1. The molecule has 1 atom stereocenters. The standard InChI is InChI=1S/C17H25NO4S/c1-5-15(6-2)18-17(20)11-23(21)10-14-9-13(12(3)19)7-8-16(14)22-4/h7-9,15H,5-6,10-11H2,1-4H3,(H,18,20). The fraction of sp³-hybridized carbons (Fsp3) is 0.529. The third kappa shape index (κ3) is 6.14. The number of Topliss-reactive ketones (excluding diaryl/α,β-unsaturated/α-hetero) is 1. The lowest BCUT2D eigenvalue weighted by atomic mass is 10.1. The summed E-state index contributed by atoms with van der Waals surface area (Å²) >= 11 is 0. The predicted octanol–water partition coefficient (Wildman–Crippen LogP) is 2.45. The molecule has 0 saturated heterocycles. The summed E-state index contributed by atoms with van der Waals surface area (Å²) in [5.74, 6) is 0.429. The van der Waals surface area contributed by atoms with Gasteiger partial charge in [0, 0.05) is 28.0 Å². The number of hydrogen-bond donors (Lipinski definition) is 1. The molecule has 0 fully saturated rings. The van der Waals surface area contributed by atoms with E-state index in [9.17, 15) is 13.8 Å². The van der Waals surface area contributed by atoms with Crippen LogP contribution in [0, 0.1) is 0 Å². The molecule has 0 aliphatic carbocycles. The Balaban J connectivity index is 2.75. The van der Waals surface area contributed by atoms with E-state index < -0.39 is 10.8 Å². The molecule has 1 aromatic rings. The highest BCUT2D eigenvalue weighted by atomic mass is 32.2. The van der Waals surface area contributed by atoms with Crippen LogP contribution < -0.4 is 10.1 Å². The van der Waals surface area contributed by atoms with Gasteiger partial charge in [-0.05, 0) is 38.0 Å². The molecule has 0 spiro atoms. The molecule has 5 nitrogen and oxygen atoms in total. The summed E-state index contributed by atoms with van der Waals surface area (Å²) in [6.07, 6.45) is 1.70. The molecule has 1 rings (SSSR count). The zero-order chi connectivity index (χ0) is 17.4. The van der Waals surface area contributed by atoms with Gasteiger partial charge in [-0.3, -0.25) is 13.8 Å². The first-order valence-electron chi connectivity index (χ1n) is 7.73. The van der Waals surface area contributed by atoms with Crippen molar-refractivity contribution in [2.45, 2.75) is 45.4 Å². The van der Waals surface area contributed by atoms with Crippen molar-refractivity contribution in [3.8, 4) is 5.75 Å². The van der Waals surface area contributed by atoms with Gasteiger partial charge >= 0.3 is 0 Å². The molecule has 128 valence electrons. The maximum Gasteiger partial charge on any atom is 0.232 e. The second-order valence-electron chi connectivity index (χ2n) is 5.39. The molecule has 0 aliphatic rings. The van der Waals surface area contributed by atoms with E-state index in [0.29, 0.717) is 16.9 Å². The topological polar surface area (TPSA) is 72.5 Å². The Morgan fingerprint density at radius 2 is 1.91 bits per heavy atom. The van der Waals surface area contributed by atoms with E-state index >= 15 is 0 Å². The molecule has 0 aromatic heterocycles. The summed E-state index contributed by atoms with van der Waals surface area (Å²) in [4.78, 5) is 23.4. The fourth-order valence-corrected chi connectivity index (χ4v) is 3.29. The summed E-state index contributed by atoms with van der Waals surface area (Å²) in [7, 11) is 0.165. The number of rotatable bonds is 9. The minimum atomic E-state index is -1.36. The van der Waals surface area contributed by atoms with Crippen molar-refractivity contribution in [2.24, 2.45) is 0 Å². The molecule has 6 heteroatoms. The van der Waals surface area contributed by atoms with E-state index in [0.717, 1.165) is 12.8 Å². The van der Waals surface area contributed by atoms with Crippen LogP contribution in [0.4, 0.5) is 0 Å². The van der Waals surface area contributed by atoms with Crippen LogP contribution >= 0.6 is 0 Å². The number of ether oxygens (including phenoxy) is 1. The van der Waals surface area contributed by atoms with E-state index in [4.69, 9.17) is 4.74 Å². The molecular formula is C17H25NO4S. The normalized spacial score (nSPS) is 12.0. The number of nitrogens with one attached hydrogen (secondary N) is 1. The van der Waals surface area contributed by atoms with E-state index in [-0.39, 0.29) is 29.2 Å². The van der Waals surface area contributed by atoms with Gasteiger partial charge in [0.15, 0.2) is 5.78 Å². The lowest BCUT2D eigenvalue weighted by Gasteiger charge is -2.15. The second kappa shape index (κ2) is 9.45. The van der Waals surface area contributed by atoms with Gasteiger partial charge in [-0.25, -0.2) is 0 Å². The van der Waals surface area contributed by atoms with Crippen molar-refractivity contribution in [3.05, 3.63) is 29.3 Å². The summed E-state index contributed by atoms with van der Waals surface area (Å²) in [6.45, 7) is 5.48. The average molecular weight is 339 g/mol. The van der Waals surface area contributed by atoms with Crippen LogP contribution in [-0.4, -0.2) is 34.8 Å². The van der Waals surface area contributed by atoms with Crippen LogP contribution in [0.15, 0.2) is 18.2 Å². The number of carbonyl (C=O) groups is 2. The van der Waals surface area contributed by atoms with Gasteiger partial charge in [-0.1, -0.05) is 13.8 Å². The highest BCUT2D eigenvalue weighted by Crippen LogP contribution is 2.22. The second-order valence-corrected chi connectivity index (χ2v) is 6.85. The lowest BCUT2D eigenvalue weighted by Crippen LogP contribution is -2.36. The first-order valence-corrected chi connectivity index (χ1v) is 9.22. The molecule has 23 heavy (non-hydrogen) atoms. The molecule has 1 unspecified atom stereocenters. The number of methoxy groups -OCH3 is 1. The van der Waals surface area contributed by atoms with E-state index in [2.05, 4.69) is 5.32 Å². The van der Waals surface area contributed by atoms with Crippen molar-refractivity contribution < 1.29 is 18.5 Å². The molecule has 0 aliphatic heterocycles. The summed E-state index contributed by atoms with van der Waals surface area (Å²) in [5.41, 5.74) is 1.22. The first-order chi connectivity index (χ1) is 10.9. The first kappa shape index (κ1) is 19.4.